The Balaban J connectivity index is 0.000000167. The third-order valence-electron chi connectivity index (χ3n) is 0.702. The van der Waals surface area contributed by atoms with Crippen molar-refractivity contribution >= 4 is 0 Å². The van der Waals surface area contributed by atoms with Crippen LogP contribution in [-0.2, 0) is 21.1 Å². The molecule has 0 saturated heterocycles. The van der Waals surface area contributed by atoms with E-state index in [9.17, 15) is 0 Å². The minimum absolute atomic E-state index is 0. The molecule has 0 aliphatic rings. The van der Waals surface area contributed by atoms with Gasteiger partial charge in [-0.1, -0.05) is 0 Å². The Morgan fingerprint density at radius 1 is 0.545 bits per heavy atom. The zero-order chi connectivity index (χ0) is 7.07. The second kappa shape index (κ2) is 7.49. The van der Waals surface area contributed by atoms with Gasteiger partial charge in [0.05, 0.1) is 0 Å². The van der Waals surface area contributed by atoms with Gasteiger partial charge < -0.3 is 60.7 Å². The van der Waals surface area contributed by atoms with E-state index in [4.69, 9.17) is 0 Å². The van der Waals surface area contributed by atoms with Crippen LogP contribution in [0.4, 0.5) is 0 Å². The molecule has 58 valence electrons. The summed E-state index contributed by atoms with van der Waals surface area (Å²) in [6.45, 7) is 0. The molecule has 1 heteroatoms. The fourth-order valence-corrected chi connectivity index (χ4v) is 0.361. The monoisotopic (exact) mass is 220 g/mol. The van der Waals surface area contributed by atoms with Crippen molar-refractivity contribution in [3.8, 4) is 0 Å². The smallest absolute Gasteiger partial charge is 0 e. The summed E-state index contributed by atoms with van der Waals surface area (Å²) in [5.41, 5.74) is 0. The molecule has 0 unspecified atom stereocenters. The quantitative estimate of drug-likeness (QED) is 0.460. The van der Waals surface area contributed by atoms with E-state index in [1.165, 1.54) is 0 Å². The Bertz CT molecular complexity index is 144. The van der Waals surface area contributed by atoms with Crippen LogP contribution in [0.2, 0.25) is 0 Å². The van der Waals surface area contributed by atoms with Gasteiger partial charge in [-0.2, -0.15) is 0 Å². The van der Waals surface area contributed by atoms with Crippen molar-refractivity contribution in [2.24, 2.45) is 0 Å². The third kappa shape index (κ3) is 5.81. The maximum atomic E-state index is 2.62. The van der Waals surface area contributed by atoms with Crippen molar-refractivity contribution < 1.29 is 21.1 Å². The fourth-order valence-electron chi connectivity index (χ4n) is 0.361. The van der Waals surface area contributed by atoms with Crippen LogP contribution in [0.3, 0.4) is 0 Å². The van der Waals surface area contributed by atoms with Crippen molar-refractivity contribution in [3.05, 3.63) is 60.7 Å². The Kier molecular flexibility index (Phi) is 7.08. The van der Waals surface area contributed by atoms with Gasteiger partial charge in [0, 0.05) is 21.1 Å². The van der Waals surface area contributed by atoms with E-state index in [0.29, 0.717) is 0 Å². The summed E-state index contributed by atoms with van der Waals surface area (Å²) >= 11 is 0. The van der Waals surface area contributed by atoms with E-state index in [1.54, 1.807) is 12.1 Å². The zero-order valence-corrected chi connectivity index (χ0v) is 7.57. The molecule has 0 spiro atoms. The second-order valence-electron chi connectivity index (χ2n) is 1.37. The van der Waals surface area contributed by atoms with Gasteiger partial charge in [-0.25, -0.2) is 0 Å². The van der Waals surface area contributed by atoms with Crippen LogP contribution in [0.25, 0.3) is 0 Å². The van der Waals surface area contributed by atoms with Crippen molar-refractivity contribution in [3.63, 3.8) is 0 Å². The summed E-state index contributed by atoms with van der Waals surface area (Å²) in [6, 6.07) is 24.0. The predicted octanol–water partition coefficient (Wildman–Crippen LogP) is 1.21. The second-order valence-corrected chi connectivity index (χ2v) is 1.37. The van der Waals surface area contributed by atoms with E-state index in [2.05, 4.69) is 48.5 Å². The van der Waals surface area contributed by atoms with E-state index in [0.717, 1.165) is 0 Å². The van der Waals surface area contributed by atoms with E-state index < -0.39 is 0 Å². The molecule has 0 radical (unpaired) electrons. The standard InChI is InChI=1S/2C5H.Mo/c2*1-2-4-5-3-1;/h2*1H;/q2*-5;. The minimum atomic E-state index is 0. The molecule has 0 aliphatic heterocycles. The molecular weight excluding hydrogens is 216 g/mol. The number of hydrogen-bond donors (Lipinski definition) is 0. The summed E-state index contributed by atoms with van der Waals surface area (Å²) in [4.78, 5) is 0. The average Bonchev–Trinajstić information content (AvgIpc) is 2.67. The summed E-state index contributed by atoms with van der Waals surface area (Å²) in [5.74, 6) is 0. The summed E-state index contributed by atoms with van der Waals surface area (Å²) in [6.07, 6.45) is 0. The van der Waals surface area contributed by atoms with Crippen LogP contribution in [0.1, 0.15) is 0 Å². The van der Waals surface area contributed by atoms with Crippen LogP contribution in [0, 0.1) is 48.5 Å². The molecule has 0 atom stereocenters. The maximum Gasteiger partial charge on any atom is 0 e. The minimum Gasteiger partial charge on any atom is -0.999 e. The molecular formula is C10H2Mo-10. The molecule has 0 N–H and O–H groups in total. The normalized spacial score (nSPS) is 7.27. The predicted molar refractivity (Wildman–Crippen MR) is 34.8 cm³/mol. The van der Waals surface area contributed by atoms with E-state index in [1.807, 2.05) is 0 Å². The van der Waals surface area contributed by atoms with Gasteiger partial charge >= 0.3 is 0 Å². The van der Waals surface area contributed by atoms with E-state index in [-0.39, 0.29) is 21.1 Å². The van der Waals surface area contributed by atoms with Crippen LogP contribution >= 0.6 is 0 Å². The first-order valence-corrected chi connectivity index (χ1v) is 2.65. The average molecular weight is 218 g/mol. The molecule has 2 rings (SSSR count). The van der Waals surface area contributed by atoms with Gasteiger partial charge in [0.1, 0.15) is 0 Å². The maximum absolute atomic E-state index is 2.62. The van der Waals surface area contributed by atoms with E-state index >= 15 is 0 Å². The SMILES string of the molecule is [Mo].[c-]1[c-][c-][cH-][c-]1.[c-]1[c-][c-][cH-][c-]1. The molecule has 0 heterocycles. The van der Waals surface area contributed by atoms with Crippen molar-refractivity contribution in [1.82, 2.24) is 0 Å². The van der Waals surface area contributed by atoms with Crippen LogP contribution in [-0.4, -0.2) is 0 Å². The van der Waals surface area contributed by atoms with Gasteiger partial charge in [-0.05, 0) is 0 Å². The fraction of sp³-hybridized carbons (Fsp3) is 0. The van der Waals surface area contributed by atoms with Gasteiger partial charge in [0.25, 0.3) is 0 Å². The first-order chi connectivity index (χ1) is 5.00. The van der Waals surface area contributed by atoms with Gasteiger partial charge in [0.15, 0.2) is 0 Å². The molecule has 0 aromatic heterocycles. The molecule has 0 nitrogen and oxygen atoms in total. The zero-order valence-electron chi connectivity index (χ0n) is 5.56. The topological polar surface area (TPSA) is 0 Å². The molecule has 2 aromatic carbocycles. The summed E-state index contributed by atoms with van der Waals surface area (Å²) in [5, 5.41) is 0. The van der Waals surface area contributed by atoms with Crippen molar-refractivity contribution in [2.75, 3.05) is 0 Å². The number of rotatable bonds is 0. The summed E-state index contributed by atoms with van der Waals surface area (Å²) < 4.78 is 0. The Labute approximate surface area is 81.9 Å². The molecule has 0 bridgehead atoms. The first kappa shape index (κ1) is 10.4. The number of hydrogen-bond acceptors (Lipinski definition) is 0. The Hall–Kier alpha value is -0.612. The summed E-state index contributed by atoms with van der Waals surface area (Å²) in [7, 11) is 0. The van der Waals surface area contributed by atoms with Gasteiger partial charge in [0.2, 0.25) is 0 Å². The molecule has 0 aliphatic carbocycles. The van der Waals surface area contributed by atoms with Crippen molar-refractivity contribution in [1.29, 1.82) is 0 Å². The molecule has 0 saturated carbocycles. The third-order valence-corrected chi connectivity index (χ3v) is 0.702. The largest absolute Gasteiger partial charge is 0.999 e. The van der Waals surface area contributed by atoms with Crippen LogP contribution in [0.5, 0.6) is 0 Å². The van der Waals surface area contributed by atoms with Gasteiger partial charge in [-0.15, -0.1) is 0 Å². The van der Waals surface area contributed by atoms with Crippen LogP contribution in [0.15, 0.2) is 12.1 Å². The Morgan fingerprint density at radius 3 is 0.909 bits per heavy atom. The molecule has 11 heavy (non-hydrogen) atoms. The van der Waals surface area contributed by atoms with Gasteiger partial charge in [-0.3, -0.25) is 0 Å². The van der Waals surface area contributed by atoms with Crippen molar-refractivity contribution in [2.45, 2.75) is 0 Å². The molecule has 2 aromatic rings. The molecule has 0 amide bonds. The first-order valence-electron chi connectivity index (χ1n) is 2.65. The van der Waals surface area contributed by atoms with Crippen LogP contribution < -0.4 is 0 Å². The molecule has 0 fully saturated rings. The Morgan fingerprint density at radius 2 is 0.818 bits per heavy atom.